The Bertz CT molecular complexity index is 1320. The number of hydrogen-bond donors (Lipinski definition) is 3. The van der Waals surface area contributed by atoms with Gasteiger partial charge in [-0.05, 0) is 37.2 Å². The number of amides is 3. The average molecular weight is 559 g/mol. The minimum Gasteiger partial charge on any atom is -0.384 e. The lowest BCUT2D eigenvalue weighted by atomic mass is 9.93. The van der Waals surface area contributed by atoms with Gasteiger partial charge in [-0.25, -0.2) is 14.8 Å². The van der Waals surface area contributed by atoms with E-state index < -0.39 is 29.6 Å². The number of aromatic nitrogens is 2. The molecule has 2 aromatic rings. The smallest absolute Gasteiger partial charge is 0.384 e. The first-order valence-corrected chi connectivity index (χ1v) is 12.8. The molecule has 3 amide bonds. The van der Waals surface area contributed by atoms with Crippen LogP contribution in [0.15, 0.2) is 54.0 Å². The molecule has 2 aliphatic rings. The van der Waals surface area contributed by atoms with Crippen molar-refractivity contribution in [3.05, 3.63) is 65.1 Å². The molecular formula is C27H33F3N8O2. The Kier molecular flexibility index (Phi) is 8.74. The predicted molar refractivity (Wildman–Crippen MR) is 146 cm³/mol. The molecule has 0 radical (unpaired) electrons. The number of nitrogens with one attached hydrogen (secondary N) is 2. The van der Waals surface area contributed by atoms with Crippen molar-refractivity contribution in [2.24, 2.45) is 5.92 Å². The molecule has 40 heavy (non-hydrogen) atoms. The van der Waals surface area contributed by atoms with E-state index in [9.17, 15) is 22.8 Å². The number of nitrogens with zero attached hydrogens (tertiary/aromatic N) is 5. The van der Waals surface area contributed by atoms with E-state index in [1.807, 2.05) is 11.9 Å². The summed E-state index contributed by atoms with van der Waals surface area (Å²) in [6.45, 7) is 4.95. The number of piperazine rings is 1. The summed E-state index contributed by atoms with van der Waals surface area (Å²) in [6.07, 6.45) is 0.206. The highest BCUT2D eigenvalue weighted by molar-refractivity contribution is 5.95. The highest BCUT2D eigenvalue weighted by Crippen LogP contribution is 2.35. The molecule has 2 heterocycles. The molecule has 214 valence electrons. The fourth-order valence-electron chi connectivity index (χ4n) is 4.54. The van der Waals surface area contributed by atoms with Gasteiger partial charge in [0.1, 0.15) is 18.0 Å². The van der Waals surface area contributed by atoms with E-state index >= 15 is 0 Å². The molecule has 0 spiro atoms. The Balaban J connectivity index is 1.42. The van der Waals surface area contributed by atoms with Crippen LogP contribution in [-0.2, 0) is 17.5 Å². The van der Waals surface area contributed by atoms with Crippen molar-refractivity contribution in [3.63, 3.8) is 0 Å². The Hall–Kier alpha value is -3.97. The third kappa shape index (κ3) is 7.16. The number of anilines is 3. The zero-order valence-electron chi connectivity index (χ0n) is 22.6. The van der Waals surface area contributed by atoms with Gasteiger partial charge in [-0.3, -0.25) is 14.6 Å². The summed E-state index contributed by atoms with van der Waals surface area (Å²) < 4.78 is 41.8. The number of carbonyl (C=O) groups is 2. The van der Waals surface area contributed by atoms with Crippen molar-refractivity contribution in [1.29, 1.82) is 0 Å². The van der Waals surface area contributed by atoms with E-state index in [0.717, 1.165) is 24.7 Å². The largest absolute Gasteiger partial charge is 0.416 e. The highest BCUT2D eigenvalue weighted by atomic mass is 19.4. The van der Waals surface area contributed by atoms with Crippen LogP contribution in [0.3, 0.4) is 0 Å². The number of carbonyl (C=O) groups excluding carboxylic acids is 2. The van der Waals surface area contributed by atoms with Crippen LogP contribution < -0.4 is 21.3 Å². The van der Waals surface area contributed by atoms with Crippen LogP contribution in [0.5, 0.6) is 0 Å². The second-order valence-electron chi connectivity index (χ2n) is 10.1. The lowest BCUT2D eigenvalue weighted by molar-refractivity contribution is -0.138. The zero-order chi connectivity index (χ0) is 29.0. The molecule has 10 nitrogen and oxygen atoms in total. The number of hydrogen-bond acceptors (Lipinski definition) is 7. The van der Waals surface area contributed by atoms with Gasteiger partial charge in [0.15, 0.2) is 0 Å². The molecule has 1 atom stereocenters. The molecule has 1 unspecified atom stereocenters. The topological polar surface area (TPSA) is 120 Å². The van der Waals surface area contributed by atoms with Crippen LogP contribution in [0.1, 0.15) is 24.5 Å². The van der Waals surface area contributed by atoms with E-state index in [2.05, 4.69) is 25.5 Å². The molecule has 0 bridgehead atoms. The third-order valence-corrected chi connectivity index (χ3v) is 7.07. The standard InChI is InChI=1S/C27H33F3N8O2/c1-17-4-5-18(12-22(17)35-26(40)37(3)24-14-23(31)32-16-33-24)25(39)34-20-7-6-19(21(13-20)27(28,29)30)15-38-10-8-36(2)9-11-38/h4-7,13-14,16,18H,8-12,15H2,1-3H3,(H,34,39)(H,35,40)(H2,31,32,33). The lowest BCUT2D eigenvalue weighted by Crippen LogP contribution is -2.44. The Morgan fingerprint density at radius 2 is 1.85 bits per heavy atom. The number of benzene rings is 1. The maximum Gasteiger partial charge on any atom is 0.416 e. The van der Waals surface area contributed by atoms with Crippen molar-refractivity contribution in [3.8, 4) is 0 Å². The first-order valence-electron chi connectivity index (χ1n) is 12.8. The maximum absolute atomic E-state index is 13.9. The number of allylic oxidation sites excluding steroid dienone is 3. The van der Waals surface area contributed by atoms with Gasteiger partial charge in [0, 0.05) is 63.6 Å². The maximum atomic E-state index is 13.9. The average Bonchev–Trinajstić information content (AvgIpc) is 2.91. The van der Waals surface area contributed by atoms with Gasteiger partial charge in [-0.15, -0.1) is 0 Å². The summed E-state index contributed by atoms with van der Waals surface area (Å²) in [5, 5.41) is 5.41. The van der Waals surface area contributed by atoms with Gasteiger partial charge in [-0.2, -0.15) is 13.2 Å². The molecule has 1 aromatic carbocycles. The Morgan fingerprint density at radius 1 is 1.12 bits per heavy atom. The predicted octanol–water partition coefficient (Wildman–Crippen LogP) is 3.46. The van der Waals surface area contributed by atoms with Crippen molar-refractivity contribution < 1.29 is 22.8 Å². The van der Waals surface area contributed by atoms with Gasteiger partial charge in [0.2, 0.25) is 5.91 Å². The van der Waals surface area contributed by atoms with Gasteiger partial charge < -0.3 is 21.3 Å². The van der Waals surface area contributed by atoms with Crippen molar-refractivity contribution in [2.75, 3.05) is 56.2 Å². The van der Waals surface area contributed by atoms with Crippen LogP contribution in [0.25, 0.3) is 0 Å². The summed E-state index contributed by atoms with van der Waals surface area (Å²) in [7, 11) is 3.50. The molecule has 1 saturated heterocycles. The summed E-state index contributed by atoms with van der Waals surface area (Å²) in [4.78, 5) is 39.1. The molecule has 0 saturated carbocycles. The van der Waals surface area contributed by atoms with Crippen LogP contribution in [0.4, 0.5) is 35.3 Å². The molecular weight excluding hydrogens is 525 g/mol. The minimum atomic E-state index is -4.56. The molecule has 1 aliphatic heterocycles. The number of urea groups is 1. The zero-order valence-corrected chi connectivity index (χ0v) is 22.6. The summed E-state index contributed by atoms with van der Waals surface area (Å²) in [6, 6.07) is 4.87. The molecule has 1 aliphatic carbocycles. The Morgan fingerprint density at radius 3 is 2.52 bits per heavy atom. The van der Waals surface area contributed by atoms with Crippen LogP contribution in [0, 0.1) is 5.92 Å². The fraction of sp³-hybridized carbons (Fsp3) is 0.407. The van der Waals surface area contributed by atoms with Crippen LogP contribution in [0.2, 0.25) is 0 Å². The second kappa shape index (κ2) is 12.0. The molecule has 1 aromatic heterocycles. The number of nitrogens with two attached hydrogens (primary N) is 1. The van der Waals surface area contributed by atoms with Gasteiger partial charge in [0.05, 0.1) is 11.5 Å². The van der Waals surface area contributed by atoms with E-state index in [-0.39, 0.29) is 30.0 Å². The summed E-state index contributed by atoms with van der Waals surface area (Å²) in [5.74, 6) is -0.676. The minimum absolute atomic E-state index is 0.0609. The van der Waals surface area contributed by atoms with E-state index in [0.29, 0.717) is 24.6 Å². The molecule has 13 heteroatoms. The van der Waals surface area contributed by atoms with Crippen molar-refractivity contribution >= 4 is 29.3 Å². The second-order valence-corrected chi connectivity index (χ2v) is 10.1. The number of rotatable bonds is 6. The van der Waals surface area contributed by atoms with Gasteiger partial charge in [0.25, 0.3) is 0 Å². The van der Waals surface area contributed by atoms with Gasteiger partial charge >= 0.3 is 12.2 Å². The molecule has 4 N–H and O–H groups in total. The number of likely N-dealkylation sites (N-methyl/N-ethyl adjacent to an activating group) is 1. The summed E-state index contributed by atoms with van der Waals surface area (Å²) >= 11 is 0. The third-order valence-electron chi connectivity index (χ3n) is 7.07. The molecule has 1 fully saturated rings. The van der Waals surface area contributed by atoms with E-state index in [4.69, 9.17) is 5.73 Å². The Labute approximate surface area is 230 Å². The first-order chi connectivity index (χ1) is 18.9. The summed E-state index contributed by atoms with van der Waals surface area (Å²) in [5.41, 5.74) is 6.40. The number of alkyl halides is 3. The van der Waals surface area contributed by atoms with E-state index in [1.165, 1.54) is 36.5 Å². The SMILES string of the molecule is CC1=C(NC(=O)N(C)c2cc(N)ncn2)CC(C(=O)Nc2ccc(CN3CCN(C)CC3)c(C(F)(F)F)c2)C=C1. The first kappa shape index (κ1) is 29.0. The van der Waals surface area contributed by atoms with Gasteiger partial charge in [-0.1, -0.05) is 18.2 Å². The van der Waals surface area contributed by atoms with Crippen LogP contribution in [-0.4, -0.2) is 72.0 Å². The van der Waals surface area contributed by atoms with Crippen LogP contribution >= 0.6 is 0 Å². The van der Waals surface area contributed by atoms with E-state index in [1.54, 1.807) is 19.1 Å². The number of nitrogen functional groups attached to an aromatic ring is 1. The fourth-order valence-corrected chi connectivity index (χ4v) is 4.54. The van der Waals surface area contributed by atoms with Crippen molar-refractivity contribution in [2.45, 2.75) is 26.1 Å². The molecule has 4 rings (SSSR count). The quantitative estimate of drug-likeness (QED) is 0.497. The van der Waals surface area contributed by atoms with Crippen molar-refractivity contribution in [1.82, 2.24) is 25.1 Å². The lowest BCUT2D eigenvalue weighted by Gasteiger charge is -2.33. The monoisotopic (exact) mass is 558 g/mol. The highest BCUT2D eigenvalue weighted by Gasteiger charge is 2.34. The normalized spacial score (nSPS) is 18.5. The number of halogens is 3.